The van der Waals surface area contributed by atoms with Gasteiger partial charge in [-0.3, -0.25) is 4.90 Å². The normalized spacial score (nSPS) is 22.4. The lowest BCUT2D eigenvalue weighted by Gasteiger charge is -2.48. The molecular weight excluding hydrogens is 656 g/mol. The number of amides is 1. The Kier molecular flexibility index (Phi) is 10.9. The molecular formula is C37H49FN6O5Si. The Morgan fingerprint density at radius 1 is 1.04 bits per heavy atom. The van der Waals surface area contributed by atoms with Crippen LogP contribution in [0.5, 0.6) is 6.01 Å². The van der Waals surface area contributed by atoms with Gasteiger partial charge in [0.2, 0.25) is 11.8 Å². The first-order valence-electron chi connectivity index (χ1n) is 17.1. The number of likely N-dealkylation sites (tertiary alicyclic amines) is 1. The molecule has 3 aromatic rings. The number of hydrogen-bond acceptors (Lipinski definition) is 10. The zero-order chi connectivity index (χ0) is 36.3. The molecule has 5 rings (SSSR count). The van der Waals surface area contributed by atoms with E-state index >= 15 is 0 Å². The Morgan fingerprint density at radius 2 is 1.66 bits per heavy atom. The summed E-state index contributed by atoms with van der Waals surface area (Å²) < 4.78 is 40.1. The summed E-state index contributed by atoms with van der Waals surface area (Å²) in [4.78, 5) is 29.6. The van der Waals surface area contributed by atoms with E-state index in [0.717, 1.165) is 10.4 Å². The molecule has 13 heteroatoms. The van der Waals surface area contributed by atoms with Crippen LogP contribution in [0.2, 0.25) is 5.04 Å². The second kappa shape index (κ2) is 14.6. The van der Waals surface area contributed by atoms with Crippen LogP contribution >= 0.6 is 0 Å². The molecule has 0 N–H and O–H groups in total. The molecule has 1 amide bonds. The van der Waals surface area contributed by atoms with Crippen molar-refractivity contribution in [2.24, 2.45) is 0 Å². The Bertz CT molecular complexity index is 1630. The van der Waals surface area contributed by atoms with Crippen LogP contribution in [0.3, 0.4) is 0 Å². The van der Waals surface area contributed by atoms with Gasteiger partial charge >= 0.3 is 12.1 Å². The van der Waals surface area contributed by atoms with Crippen molar-refractivity contribution in [3.8, 4) is 12.1 Å². The van der Waals surface area contributed by atoms with Crippen LogP contribution in [0, 0.1) is 11.3 Å². The van der Waals surface area contributed by atoms with Gasteiger partial charge in [0.05, 0.1) is 37.9 Å². The van der Waals surface area contributed by atoms with E-state index in [0.29, 0.717) is 26.3 Å². The van der Waals surface area contributed by atoms with Crippen LogP contribution in [0.1, 0.15) is 67.6 Å². The molecule has 0 spiro atoms. The number of nitriles is 1. The van der Waals surface area contributed by atoms with Gasteiger partial charge in [-0.05, 0) is 50.0 Å². The predicted octanol–water partition coefficient (Wildman–Crippen LogP) is 5.03. The number of alkyl halides is 1. The van der Waals surface area contributed by atoms with Crippen molar-refractivity contribution in [2.75, 3.05) is 37.7 Å². The fourth-order valence-electron chi connectivity index (χ4n) is 6.87. The van der Waals surface area contributed by atoms with Gasteiger partial charge in [-0.15, -0.1) is 0 Å². The number of aromatic nitrogens is 3. The molecule has 4 atom stereocenters. The number of ether oxygens (including phenoxy) is 3. The molecule has 2 fully saturated rings. The van der Waals surface area contributed by atoms with Crippen molar-refractivity contribution in [2.45, 2.75) is 96.4 Å². The molecule has 2 aliphatic rings. The lowest BCUT2D eigenvalue weighted by atomic mass is 10.1. The number of carbonyl (C=O) groups excluding carboxylic acids is 1. The summed E-state index contributed by atoms with van der Waals surface area (Å²) in [6, 6.07) is 22.1. The van der Waals surface area contributed by atoms with Gasteiger partial charge in [-0.25, -0.2) is 9.18 Å². The molecule has 11 nitrogen and oxygen atoms in total. The first kappa shape index (κ1) is 37.1. The van der Waals surface area contributed by atoms with Crippen LogP contribution in [-0.4, -0.2) is 96.6 Å². The van der Waals surface area contributed by atoms with Crippen molar-refractivity contribution in [1.29, 1.82) is 5.26 Å². The van der Waals surface area contributed by atoms with Crippen LogP contribution < -0.4 is 20.0 Å². The summed E-state index contributed by atoms with van der Waals surface area (Å²) >= 11 is 0. The maximum Gasteiger partial charge on any atom is 0.410 e. The van der Waals surface area contributed by atoms with Gasteiger partial charge in [0.1, 0.15) is 23.9 Å². The lowest BCUT2D eigenvalue weighted by Crippen LogP contribution is -2.70. The number of rotatable bonds is 8. The fraction of sp³-hybridized carbons (Fsp3) is 0.541. The third kappa shape index (κ3) is 8.25. The Hall–Kier alpha value is -4.12. The zero-order valence-corrected chi connectivity index (χ0v) is 31.4. The third-order valence-corrected chi connectivity index (χ3v) is 14.2. The number of halogens is 1. The highest BCUT2D eigenvalue weighted by Crippen LogP contribution is 2.40. The molecule has 1 aromatic heterocycles. The van der Waals surface area contributed by atoms with Gasteiger partial charge in [0.25, 0.3) is 8.32 Å². The second-order valence-corrected chi connectivity index (χ2v) is 19.6. The molecule has 3 heterocycles. The van der Waals surface area contributed by atoms with Gasteiger partial charge in [-0.2, -0.15) is 20.2 Å². The molecule has 268 valence electrons. The second-order valence-electron chi connectivity index (χ2n) is 15.4. The molecule has 2 aliphatic heterocycles. The van der Waals surface area contributed by atoms with Crippen LogP contribution in [0.4, 0.5) is 15.1 Å². The predicted molar refractivity (Wildman–Crippen MR) is 191 cm³/mol. The summed E-state index contributed by atoms with van der Waals surface area (Å²) in [5, 5.41) is 11.9. The standard InChI is InChI=1S/C37H49FN6O5Si/c1-26(30-21-27(38)23-44(30)34(45)48-35(2,3)4)47-33-41-31(22-39)40-32(42-33)43-19-20-46-25-37(8,24-43)49-50(36(5,6)7,28-15-11-9-12-16-28)29-17-13-10-14-18-29/h9-18,26-27,30H,19-21,23-25H2,1-8H3/t26-,27+,30-,37-/m0/s1. The molecule has 2 saturated heterocycles. The maximum atomic E-state index is 14.6. The van der Waals surface area contributed by atoms with E-state index in [1.807, 2.05) is 23.1 Å². The Balaban J connectivity index is 1.45. The molecule has 0 saturated carbocycles. The fourth-order valence-corrected chi connectivity index (χ4v) is 11.7. The monoisotopic (exact) mass is 704 g/mol. The van der Waals surface area contributed by atoms with Crippen molar-refractivity contribution < 1.29 is 27.8 Å². The number of nitrogens with zero attached hydrogens (tertiary/aromatic N) is 6. The highest BCUT2D eigenvalue weighted by Gasteiger charge is 2.54. The van der Waals surface area contributed by atoms with Gasteiger partial charge in [-0.1, -0.05) is 81.4 Å². The highest BCUT2D eigenvalue weighted by molar-refractivity contribution is 6.99. The molecule has 2 aromatic carbocycles. The third-order valence-electron chi connectivity index (χ3n) is 8.99. The molecule has 50 heavy (non-hydrogen) atoms. The molecule has 0 bridgehead atoms. The quantitative estimate of drug-likeness (QED) is 0.295. The highest BCUT2D eigenvalue weighted by atomic mass is 28.4. The SMILES string of the molecule is C[C@H](Oc1nc(C#N)nc(N2CCOC[C@@](C)(O[Si](c3ccccc3)(c3ccccc3)C(C)(C)C)C2)n1)[C@@H]1C[C@@H](F)CN1C(=O)OC(C)(C)C. The summed E-state index contributed by atoms with van der Waals surface area (Å²) in [5.74, 6) is 0.107. The Labute approximate surface area is 295 Å². The largest absolute Gasteiger partial charge is 0.458 e. The van der Waals surface area contributed by atoms with Crippen molar-refractivity contribution in [3.05, 3.63) is 66.5 Å². The van der Waals surface area contributed by atoms with E-state index < -0.39 is 43.9 Å². The summed E-state index contributed by atoms with van der Waals surface area (Å²) in [7, 11) is -2.97. The topological polar surface area (TPSA) is 123 Å². The molecule has 0 radical (unpaired) electrons. The molecule has 0 unspecified atom stereocenters. The van der Waals surface area contributed by atoms with E-state index in [1.165, 1.54) is 4.90 Å². The number of hydrogen-bond donors (Lipinski definition) is 0. The number of anilines is 1. The van der Waals surface area contributed by atoms with E-state index in [-0.39, 0.29) is 35.8 Å². The van der Waals surface area contributed by atoms with E-state index in [2.05, 4.69) is 91.2 Å². The van der Waals surface area contributed by atoms with E-state index in [9.17, 15) is 14.4 Å². The molecule has 0 aliphatic carbocycles. The summed E-state index contributed by atoms with van der Waals surface area (Å²) in [5.41, 5.74) is -1.55. The summed E-state index contributed by atoms with van der Waals surface area (Å²) in [6.45, 7) is 17.2. The van der Waals surface area contributed by atoms with Gasteiger partial charge < -0.3 is 23.5 Å². The van der Waals surface area contributed by atoms with E-state index in [1.54, 1.807) is 27.7 Å². The Morgan fingerprint density at radius 3 is 2.22 bits per heavy atom. The smallest absolute Gasteiger partial charge is 0.410 e. The van der Waals surface area contributed by atoms with Crippen molar-refractivity contribution in [1.82, 2.24) is 19.9 Å². The van der Waals surface area contributed by atoms with Crippen LogP contribution in [0.15, 0.2) is 60.7 Å². The first-order valence-corrected chi connectivity index (χ1v) is 19.0. The maximum absolute atomic E-state index is 14.6. The van der Waals surface area contributed by atoms with Crippen LogP contribution in [0.25, 0.3) is 0 Å². The average Bonchev–Trinajstić information content (AvgIpc) is 3.35. The van der Waals surface area contributed by atoms with Crippen LogP contribution in [-0.2, 0) is 13.9 Å². The first-order chi connectivity index (χ1) is 23.5. The minimum atomic E-state index is -2.97. The zero-order valence-electron chi connectivity index (χ0n) is 30.4. The van der Waals surface area contributed by atoms with Crippen molar-refractivity contribution in [3.63, 3.8) is 0 Å². The van der Waals surface area contributed by atoms with Crippen molar-refractivity contribution >= 4 is 30.7 Å². The minimum absolute atomic E-state index is 0.0743. The van der Waals surface area contributed by atoms with E-state index in [4.69, 9.17) is 18.6 Å². The number of benzene rings is 2. The summed E-state index contributed by atoms with van der Waals surface area (Å²) in [6.07, 6.45) is -2.48. The minimum Gasteiger partial charge on any atom is -0.458 e. The van der Waals surface area contributed by atoms with Gasteiger partial charge in [0, 0.05) is 13.0 Å². The number of carbonyl (C=O) groups is 1. The average molecular weight is 705 g/mol. The van der Waals surface area contributed by atoms with Gasteiger partial charge in [0.15, 0.2) is 0 Å². The lowest BCUT2D eigenvalue weighted by molar-refractivity contribution is -0.000403.